The van der Waals surface area contributed by atoms with Gasteiger partial charge in [0.05, 0.1) is 7.11 Å². The lowest BCUT2D eigenvalue weighted by Gasteiger charge is -1.99. The minimum atomic E-state index is -1.53. The zero-order valence-electron chi connectivity index (χ0n) is 8.48. The maximum absolute atomic E-state index is 11.1. The molecule has 1 amide bonds. The summed E-state index contributed by atoms with van der Waals surface area (Å²) < 4.78 is 0.592. The highest BCUT2D eigenvalue weighted by Gasteiger charge is 2.27. The van der Waals surface area contributed by atoms with E-state index in [1.165, 1.54) is 7.11 Å². The van der Waals surface area contributed by atoms with Gasteiger partial charge in [-0.1, -0.05) is 0 Å². The lowest BCUT2D eigenvalue weighted by molar-refractivity contribution is -0.394. The third-order valence-electron chi connectivity index (χ3n) is 1.52. The zero-order valence-corrected chi connectivity index (χ0v) is 8.48. The van der Waals surface area contributed by atoms with Crippen LogP contribution in [-0.4, -0.2) is 43.8 Å². The summed E-state index contributed by atoms with van der Waals surface area (Å²) in [4.78, 5) is 38.6. The van der Waals surface area contributed by atoms with Crippen LogP contribution in [0.4, 0.5) is 5.95 Å². The normalized spacial score (nSPS) is 9.94. The van der Waals surface area contributed by atoms with Crippen LogP contribution in [0.2, 0.25) is 0 Å². The molecule has 0 bridgehead atoms. The maximum Gasteiger partial charge on any atom is 0.491 e. The quantitative estimate of drug-likeness (QED) is 0.473. The van der Waals surface area contributed by atoms with E-state index in [9.17, 15) is 19.7 Å². The minimum Gasteiger partial charge on any atom is -0.474 e. The van der Waals surface area contributed by atoms with Gasteiger partial charge in [-0.05, 0) is 9.91 Å². The smallest absolute Gasteiger partial charge is 0.474 e. The van der Waals surface area contributed by atoms with Gasteiger partial charge >= 0.3 is 17.7 Å². The summed E-state index contributed by atoms with van der Waals surface area (Å²) in [6.45, 7) is -0.559. The molecule has 0 radical (unpaired) electrons. The molecular formula is C6H7N5O6. The summed E-state index contributed by atoms with van der Waals surface area (Å²) in [7, 11) is 1.18. The van der Waals surface area contributed by atoms with E-state index in [1.54, 1.807) is 0 Å². The number of nitrogens with zero attached hydrogens (tertiary/aromatic N) is 4. The van der Waals surface area contributed by atoms with Crippen molar-refractivity contribution in [1.82, 2.24) is 20.2 Å². The monoisotopic (exact) mass is 245 g/mol. The average molecular weight is 245 g/mol. The van der Waals surface area contributed by atoms with E-state index < -0.39 is 35.1 Å². The number of carboxylic acid groups (broad SMARTS) is 1. The minimum absolute atomic E-state index is 0.559. The van der Waals surface area contributed by atoms with Crippen molar-refractivity contribution in [3.63, 3.8) is 0 Å². The Kier molecular flexibility index (Phi) is 3.66. The predicted octanol–water partition coefficient (Wildman–Crippen LogP) is -1.44. The number of nitro groups is 1. The highest BCUT2D eigenvalue weighted by atomic mass is 16.6. The van der Waals surface area contributed by atoms with Crippen LogP contribution in [0.25, 0.3) is 0 Å². The van der Waals surface area contributed by atoms with Crippen molar-refractivity contribution in [1.29, 1.82) is 0 Å². The largest absolute Gasteiger partial charge is 0.491 e. The molecule has 0 fully saturated rings. The standard InChI is InChI=1S/C6H7N5O6/c1-17-9-3(12)2-10-4(5(13)14)7-6(8-10)11(15)16/h2H2,1H3,(H,9,12)(H,13,14). The molecule has 1 aromatic heterocycles. The predicted molar refractivity (Wildman–Crippen MR) is 48.8 cm³/mol. The molecule has 0 aliphatic heterocycles. The molecule has 0 aliphatic rings. The van der Waals surface area contributed by atoms with Gasteiger partial charge in [-0.15, -0.1) is 0 Å². The van der Waals surface area contributed by atoms with Gasteiger partial charge in [-0.2, -0.15) is 4.68 Å². The van der Waals surface area contributed by atoms with Crippen molar-refractivity contribution in [3.8, 4) is 0 Å². The van der Waals surface area contributed by atoms with Crippen LogP contribution in [0.1, 0.15) is 10.6 Å². The SMILES string of the molecule is CONC(=O)Cn1nc([N+](=O)[O-])nc1C(=O)O. The topological polar surface area (TPSA) is 149 Å². The van der Waals surface area contributed by atoms with Crippen molar-refractivity contribution in [3.05, 3.63) is 15.9 Å². The molecule has 0 spiro atoms. The van der Waals surface area contributed by atoms with Gasteiger partial charge in [0, 0.05) is 5.10 Å². The second-order valence-corrected chi connectivity index (χ2v) is 2.68. The Balaban J connectivity index is 3.00. The lowest BCUT2D eigenvalue weighted by atomic mass is 10.5. The first-order valence-corrected chi connectivity index (χ1v) is 4.10. The van der Waals surface area contributed by atoms with E-state index in [0.717, 1.165) is 0 Å². The third kappa shape index (κ3) is 2.94. The maximum atomic E-state index is 11.1. The van der Waals surface area contributed by atoms with Gasteiger partial charge in [0.25, 0.3) is 5.91 Å². The lowest BCUT2D eigenvalue weighted by Crippen LogP contribution is -2.28. The van der Waals surface area contributed by atoms with Crippen LogP contribution in [0.15, 0.2) is 0 Å². The first-order chi connectivity index (χ1) is 7.95. The highest BCUT2D eigenvalue weighted by molar-refractivity contribution is 5.84. The summed E-state index contributed by atoms with van der Waals surface area (Å²) in [5.74, 6) is -3.86. The number of amides is 1. The molecule has 0 unspecified atom stereocenters. The van der Waals surface area contributed by atoms with Crippen LogP contribution in [0.3, 0.4) is 0 Å². The summed E-state index contributed by atoms with van der Waals surface area (Å²) in [6.07, 6.45) is 0. The molecule has 2 N–H and O–H groups in total. The van der Waals surface area contributed by atoms with Crippen molar-refractivity contribution in [2.24, 2.45) is 0 Å². The molecule has 0 saturated carbocycles. The molecule has 1 heterocycles. The number of carbonyl (C=O) groups excluding carboxylic acids is 1. The fourth-order valence-electron chi connectivity index (χ4n) is 0.958. The number of hydrogen-bond acceptors (Lipinski definition) is 7. The fourth-order valence-corrected chi connectivity index (χ4v) is 0.958. The molecule has 1 aromatic rings. The molecule has 0 aliphatic carbocycles. The van der Waals surface area contributed by atoms with Crippen LogP contribution < -0.4 is 5.48 Å². The molecule has 11 heteroatoms. The molecule has 0 aromatic carbocycles. The number of nitrogens with one attached hydrogen (secondary N) is 1. The Morgan fingerprint density at radius 3 is 2.76 bits per heavy atom. The number of aromatic nitrogens is 3. The number of carboxylic acids is 1. The number of rotatable bonds is 5. The Labute approximate surface area is 93.1 Å². The Morgan fingerprint density at radius 2 is 2.29 bits per heavy atom. The van der Waals surface area contributed by atoms with Crippen LogP contribution in [0, 0.1) is 10.1 Å². The van der Waals surface area contributed by atoms with Crippen molar-refractivity contribution >= 4 is 17.8 Å². The molecule has 92 valence electrons. The van der Waals surface area contributed by atoms with E-state index in [2.05, 4.69) is 14.9 Å². The zero-order chi connectivity index (χ0) is 13.0. The van der Waals surface area contributed by atoms with Gasteiger partial charge in [-0.3, -0.25) is 9.63 Å². The second kappa shape index (κ2) is 4.98. The van der Waals surface area contributed by atoms with E-state index in [0.29, 0.717) is 4.68 Å². The molecule has 11 nitrogen and oxygen atoms in total. The summed E-state index contributed by atoms with van der Waals surface area (Å²) in [5, 5.41) is 22.3. The molecular weight excluding hydrogens is 238 g/mol. The fraction of sp³-hybridized carbons (Fsp3) is 0.333. The summed E-state index contributed by atoms with van der Waals surface area (Å²) >= 11 is 0. The van der Waals surface area contributed by atoms with Gasteiger partial charge in [-0.25, -0.2) is 10.3 Å². The highest BCUT2D eigenvalue weighted by Crippen LogP contribution is 2.06. The molecule has 0 saturated heterocycles. The van der Waals surface area contributed by atoms with E-state index in [4.69, 9.17) is 5.11 Å². The van der Waals surface area contributed by atoms with Crippen molar-refractivity contribution in [2.75, 3.05) is 7.11 Å². The summed E-state index contributed by atoms with van der Waals surface area (Å²) in [5.41, 5.74) is 1.91. The Hall–Kier alpha value is -2.56. The van der Waals surface area contributed by atoms with E-state index in [1.807, 2.05) is 5.48 Å². The van der Waals surface area contributed by atoms with Crippen LogP contribution in [0.5, 0.6) is 0 Å². The van der Waals surface area contributed by atoms with Gasteiger partial charge in [0.2, 0.25) is 0 Å². The first-order valence-electron chi connectivity index (χ1n) is 4.10. The average Bonchev–Trinajstić information content (AvgIpc) is 2.62. The van der Waals surface area contributed by atoms with E-state index >= 15 is 0 Å². The van der Waals surface area contributed by atoms with Crippen molar-refractivity contribution < 1.29 is 24.5 Å². The molecule has 1 rings (SSSR count). The van der Waals surface area contributed by atoms with Gasteiger partial charge in [0.1, 0.15) is 6.54 Å². The third-order valence-corrected chi connectivity index (χ3v) is 1.52. The number of hydrogen-bond donors (Lipinski definition) is 2. The second-order valence-electron chi connectivity index (χ2n) is 2.68. The first kappa shape index (κ1) is 12.5. The number of hydroxylamine groups is 1. The van der Waals surface area contributed by atoms with Crippen LogP contribution >= 0.6 is 0 Å². The Bertz CT molecular complexity index is 467. The molecule has 17 heavy (non-hydrogen) atoms. The van der Waals surface area contributed by atoms with Crippen LogP contribution in [-0.2, 0) is 16.2 Å². The molecule has 0 atom stereocenters. The summed E-state index contributed by atoms with van der Waals surface area (Å²) in [6, 6.07) is 0. The van der Waals surface area contributed by atoms with E-state index in [-0.39, 0.29) is 0 Å². The number of aromatic carboxylic acids is 1. The van der Waals surface area contributed by atoms with Gasteiger partial charge < -0.3 is 15.2 Å². The Morgan fingerprint density at radius 1 is 1.65 bits per heavy atom. The number of carbonyl (C=O) groups is 2. The van der Waals surface area contributed by atoms with Gasteiger partial charge in [0.15, 0.2) is 0 Å². The van der Waals surface area contributed by atoms with Crippen molar-refractivity contribution in [2.45, 2.75) is 6.54 Å².